The quantitative estimate of drug-likeness (QED) is 0.352. The van der Waals surface area contributed by atoms with Gasteiger partial charge in [0, 0.05) is 16.8 Å². The third-order valence-corrected chi connectivity index (χ3v) is 5.56. The number of aryl methyl sites for hydroxylation is 2. The van der Waals surface area contributed by atoms with Crippen LogP contribution in [0.4, 0.5) is 5.69 Å². The van der Waals surface area contributed by atoms with Crippen molar-refractivity contribution in [2.75, 3.05) is 5.73 Å². The second-order valence-electron chi connectivity index (χ2n) is 7.80. The van der Waals surface area contributed by atoms with Crippen molar-refractivity contribution >= 4 is 11.8 Å². The molecule has 0 atom stereocenters. The second-order valence-corrected chi connectivity index (χ2v) is 7.80. The van der Waals surface area contributed by atoms with Gasteiger partial charge in [0.15, 0.2) is 0 Å². The third kappa shape index (κ3) is 3.92. The fraction of sp³-hybridized carbons (Fsp3) is 0.103. The Balaban J connectivity index is 1.75. The van der Waals surface area contributed by atoms with Crippen LogP contribution in [0.15, 0.2) is 91.0 Å². The van der Waals surface area contributed by atoms with Crippen molar-refractivity contribution in [1.29, 1.82) is 0 Å². The first-order valence-electron chi connectivity index (χ1n) is 10.4. The molecule has 0 spiro atoms. The van der Waals surface area contributed by atoms with E-state index in [1.54, 1.807) is 0 Å². The molecule has 4 aromatic carbocycles. The molecule has 4 rings (SSSR count). The number of hydrogen-bond acceptors (Lipinski definition) is 1. The normalized spacial score (nSPS) is 11.2. The molecule has 148 valence electrons. The molecule has 0 saturated heterocycles. The van der Waals surface area contributed by atoms with Gasteiger partial charge >= 0.3 is 0 Å². The maximum Gasteiger partial charge on any atom is 0.0473 e. The largest absolute Gasteiger partial charge is 0.398 e. The summed E-state index contributed by atoms with van der Waals surface area (Å²) in [5, 5.41) is 0. The van der Waals surface area contributed by atoms with Gasteiger partial charge in [-0.05, 0) is 48.6 Å². The number of nitrogen functional groups attached to an aromatic ring is 1. The van der Waals surface area contributed by atoms with Crippen LogP contribution in [0.5, 0.6) is 0 Å². The number of nitrogens with two attached hydrogens (primary N) is 1. The number of hydrogen-bond donors (Lipinski definition) is 1. The summed E-state index contributed by atoms with van der Waals surface area (Å²) in [7, 11) is 0. The van der Waals surface area contributed by atoms with E-state index in [-0.39, 0.29) is 0 Å². The van der Waals surface area contributed by atoms with Gasteiger partial charge in [-0.25, -0.2) is 0 Å². The smallest absolute Gasteiger partial charge is 0.0473 e. The zero-order valence-electron chi connectivity index (χ0n) is 17.8. The van der Waals surface area contributed by atoms with E-state index in [0.717, 1.165) is 27.9 Å². The van der Waals surface area contributed by atoms with E-state index < -0.39 is 0 Å². The Labute approximate surface area is 179 Å². The first kappa shape index (κ1) is 19.7. The lowest BCUT2D eigenvalue weighted by Gasteiger charge is -2.15. The molecule has 0 fully saturated rings. The van der Waals surface area contributed by atoms with Gasteiger partial charge in [0.25, 0.3) is 0 Å². The van der Waals surface area contributed by atoms with Crippen molar-refractivity contribution in [2.24, 2.45) is 0 Å². The van der Waals surface area contributed by atoms with E-state index in [1.165, 1.54) is 27.8 Å². The van der Waals surface area contributed by atoms with Crippen molar-refractivity contribution in [3.05, 3.63) is 108 Å². The minimum Gasteiger partial charge on any atom is -0.398 e. The number of allylic oxidation sites excluding steroid dienone is 1. The van der Waals surface area contributed by atoms with E-state index in [4.69, 9.17) is 5.73 Å². The van der Waals surface area contributed by atoms with Crippen molar-refractivity contribution in [1.82, 2.24) is 0 Å². The van der Waals surface area contributed by atoms with Gasteiger partial charge in [-0.1, -0.05) is 108 Å². The van der Waals surface area contributed by atoms with Gasteiger partial charge in [-0.3, -0.25) is 0 Å². The molecule has 0 saturated carbocycles. The van der Waals surface area contributed by atoms with Crippen LogP contribution < -0.4 is 5.73 Å². The maximum absolute atomic E-state index is 6.66. The van der Waals surface area contributed by atoms with Gasteiger partial charge in [0.2, 0.25) is 0 Å². The molecule has 0 radical (unpaired) electrons. The van der Waals surface area contributed by atoms with Crippen LogP contribution >= 0.6 is 0 Å². The SMILES string of the molecule is C/C=C\c1c(-c2ccc(-c3ccc(C)cc3)cc2)ccc(-c2ccc(C)cc2)c1N. The average Bonchev–Trinajstić information content (AvgIpc) is 2.77. The highest BCUT2D eigenvalue weighted by Crippen LogP contribution is 2.37. The number of benzene rings is 4. The Kier molecular flexibility index (Phi) is 5.54. The molecule has 0 aromatic heterocycles. The van der Waals surface area contributed by atoms with Gasteiger partial charge in [0.05, 0.1) is 0 Å². The van der Waals surface area contributed by atoms with E-state index in [2.05, 4.69) is 111 Å². The monoisotopic (exact) mass is 389 g/mol. The van der Waals surface area contributed by atoms with E-state index in [1.807, 2.05) is 6.92 Å². The van der Waals surface area contributed by atoms with E-state index in [9.17, 15) is 0 Å². The molecule has 0 aliphatic carbocycles. The molecule has 2 N–H and O–H groups in total. The van der Waals surface area contributed by atoms with Crippen molar-refractivity contribution in [3.8, 4) is 33.4 Å². The standard InChI is InChI=1S/C29H27N/c1-4-5-28-26(18-19-27(29(28)30)25-12-8-21(3)9-13-25)24-16-14-23(15-17-24)22-10-6-20(2)7-11-22/h4-19H,30H2,1-3H3/b5-4-. The molecule has 1 nitrogen and oxygen atoms in total. The van der Waals surface area contributed by atoms with Crippen molar-refractivity contribution in [3.63, 3.8) is 0 Å². The summed E-state index contributed by atoms with van der Waals surface area (Å²) < 4.78 is 0. The Morgan fingerprint density at radius 2 is 0.933 bits per heavy atom. The highest BCUT2D eigenvalue weighted by molar-refractivity contribution is 5.91. The van der Waals surface area contributed by atoms with Crippen LogP contribution in [0, 0.1) is 13.8 Å². The van der Waals surface area contributed by atoms with Gasteiger partial charge in [-0.2, -0.15) is 0 Å². The van der Waals surface area contributed by atoms with Crippen LogP contribution in [-0.4, -0.2) is 0 Å². The summed E-state index contributed by atoms with van der Waals surface area (Å²) in [5.74, 6) is 0. The maximum atomic E-state index is 6.66. The van der Waals surface area contributed by atoms with Crippen LogP contribution in [0.2, 0.25) is 0 Å². The summed E-state index contributed by atoms with van der Waals surface area (Å²) in [6, 6.07) is 30.2. The first-order chi connectivity index (χ1) is 14.6. The van der Waals surface area contributed by atoms with Crippen molar-refractivity contribution < 1.29 is 0 Å². The molecule has 1 heteroatoms. The van der Waals surface area contributed by atoms with Crippen LogP contribution in [0.25, 0.3) is 39.5 Å². The Morgan fingerprint density at radius 1 is 0.533 bits per heavy atom. The summed E-state index contributed by atoms with van der Waals surface area (Å²) in [6.45, 7) is 6.24. The summed E-state index contributed by atoms with van der Waals surface area (Å²) in [6.07, 6.45) is 4.16. The Bertz CT molecular complexity index is 1180. The van der Waals surface area contributed by atoms with Gasteiger partial charge in [-0.15, -0.1) is 0 Å². The summed E-state index contributed by atoms with van der Waals surface area (Å²) in [4.78, 5) is 0. The molecule has 0 aliphatic heterocycles. The highest BCUT2D eigenvalue weighted by atomic mass is 14.6. The molecule has 30 heavy (non-hydrogen) atoms. The number of anilines is 1. The molecule has 4 aromatic rings. The molecule has 0 bridgehead atoms. The zero-order valence-corrected chi connectivity index (χ0v) is 17.8. The Morgan fingerprint density at radius 3 is 1.47 bits per heavy atom. The second kappa shape index (κ2) is 8.42. The highest BCUT2D eigenvalue weighted by Gasteiger charge is 2.12. The predicted octanol–water partition coefficient (Wildman–Crippen LogP) is 7.92. The molecule has 0 heterocycles. The Hall–Kier alpha value is -3.58. The first-order valence-corrected chi connectivity index (χ1v) is 10.4. The molecule has 0 unspecified atom stereocenters. The summed E-state index contributed by atoms with van der Waals surface area (Å²) in [5.41, 5.74) is 18.0. The van der Waals surface area contributed by atoms with E-state index in [0.29, 0.717) is 0 Å². The van der Waals surface area contributed by atoms with E-state index >= 15 is 0 Å². The van der Waals surface area contributed by atoms with Crippen LogP contribution in [0.1, 0.15) is 23.6 Å². The summed E-state index contributed by atoms with van der Waals surface area (Å²) >= 11 is 0. The minimum atomic E-state index is 0.817. The lowest BCUT2D eigenvalue weighted by atomic mass is 9.91. The molecule has 0 amide bonds. The fourth-order valence-electron chi connectivity index (χ4n) is 3.81. The predicted molar refractivity (Wildman–Crippen MR) is 131 cm³/mol. The lowest BCUT2D eigenvalue weighted by Crippen LogP contribution is -1.97. The van der Waals surface area contributed by atoms with Gasteiger partial charge in [0.1, 0.15) is 0 Å². The molecular formula is C29H27N. The average molecular weight is 390 g/mol. The zero-order chi connectivity index (χ0) is 21.1. The third-order valence-electron chi connectivity index (χ3n) is 5.56. The van der Waals surface area contributed by atoms with Gasteiger partial charge < -0.3 is 5.73 Å². The molecular weight excluding hydrogens is 362 g/mol. The fourth-order valence-corrected chi connectivity index (χ4v) is 3.81. The van der Waals surface area contributed by atoms with Crippen LogP contribution in [0.3, 0.4) is 0 Å². The molecule has 0 aliphatic rings. The van der Waals surface area contributed by atoms with Crippen LogP contribution in [-0.2, 0) is 0 Å². The lowest BCUT2D eigenvalue weighted by molar-refractivity contribution is 1.46. The van der Waals surface area contributed by atoms with Crippen molar-refractivity contribution in [2.45, 2.75) is 20.8 Å². The topological polar surface area (TPSA) is 26.0 Å². The number of rotatable bonds is 4. The minimum absolute atomic E-state index is 0.817.